The zero-order valence-corrected chi connectivity index (χ0v) is 12.2. The van der Waals surface area contributed by atoms with Crippen molar-refractivity contribution in [3.05, 3.63) is 65.7 Å². The Balaban J connectivity index is 1.62. The van der Waals surface area contributed by atoms with Crippen LogP contribution >= 0.6 is 0 Å². The van der Waals surface area contributed by atoms with Gasteiger partial charge in [0.05, 0.1) is 12.5 Å². The minimum absolute atomic E-state index is 0.496. The summed E-state index contributed by atoms with van der Waals surface area (Å²) in [6.07, 6.45) is 2.92. The van der Waals surface area contributed by atoms with Crippen molar-refractivity contribution >= 4 is 5.69 Å². The number of hydrogen-bond acceptors (Lipinski definition) is 2. The molecule has 1 fully saturated rings. The molecule has 2 nitrogen and oxygen atoms in total. The first-order valence-electron chi connectivity index (χ1n) is 7.62. The predicted octanol–water partition coefficient (Wildman–Crippen LogP) is 4.14. The second-order valence-corrected chi connectivity index (χ2v) is 5.67. The van der Waals surface area contributed by atoms with Crippen molar-refractivity contribution in [1.29, 1.82) is 5.26 Å². The number of anilines is 1. The Morgan fingerprint density at radius 1 is 0.952 bits per heavy atom. The van der Waals surface area contributed by atoms with E-state index < -0.39 is 0 Å². The second kappa shape index (κ2) is 6.45. The summed E-state index contributed by atoms with van der Waals surface area (Å²) in [7, 11) is 0. The molecule has 0 aromatic heterocycles. The Morgan fingerprint density at radius 3 is 2.24 bits per heavy atom. The highest BCUT2D eigenvalue weighted by atomic mass is 15.1. The van der Waals surface area contributed by atoms with E-state index in [-0.39, 0.29) is 0 Å². The molecule has 0 bridgehead atoms. The molecule has 2 aromatic rings. The summed E-state index contributed by atoms with van der Waals surface area (Å²) in [5.41, 5.74) is 3.85. The third-order valence-corrected chi connectivity index (χ3v) is 4.35. The number of piperidine rings is 1. The van der Waals surface area contributed by atoms with Crippen LogP contribution in [0.4, 0.5) is 5.69 Å². The molecule has 1 saturated heterocycles. The van der Waals surface area contributed by atoms with Gasteiger partial charge in [0.2, 0.25) is 0 Å². The summed E-state index contributed by atoms with van der Waals surface area (Å²) in [6, 6.07) is 21.5. The van der Waals surface area contributed by atoms with E-state index in [9.17, 15) is 0 Å². The maximum Gasteiger partial charge on any atom is 0.0669 e. The molecule has 106 valence electrons. The van der Waals surface area contributed by atoms with E-state index >= 15 is 0 Å². The largest absolute Gasteiger partial charge is 0.371 e. The average Bonchev–Trinajstić information content (AvgIpc) is 2.57. The first-order chi connectivity index (χ1) is 10.4. The van der Waals surface area contributed by atoms with Crippen LogP contribution in [0, 0.1) is 11.3 Å². The summed E-state index contributed by atoms with van der Waals surface area (Å²) in [6.45, 7) is 2.22. The van der Waals surface area contributed by atoms with Crippen LogP contribution in [-0.4, -0.2) is 13.1 Å². The van der Waals surface area contributed by atoms with Crippen LogP contribution in [0.2, 0.25) is 0 Å². The van der Waals surface area contributed by atoms with Crippen LogP contribution in [0.15, 0.2) is 54.6 Å². The summed E-state index contributed by atoms with van der Waals surface area (Å²) < 4.78 is 0. The van der Waals surface area contributed by atoms with E-state index in [0.29, 0.717) is 12.3 Å². The molecular weight excluding hydrogens is 256 g/mol. The lowest BCUT2D eigenvalue weighted by molar-refractivity contribution is 0.505. The number of benzene rings is 2. The Morgan fingerprint density at radius 2 is 1.62 bits per heavy atom. The standard InChI is InChI=1S/C19H20N2/c20-13-10-16-6-8-19(9-7-16)21-14-11-18(12-15-21)17-4-2-1-3-5-17/h1-9,18H,10-12,14-15H2. The highest BCUT2D eigenvalue weighted by Crippen LogP contribution is 2.30. The van der Waals surface area contributed by atoms with E-state index in [1.54, 1.807) is 0 Å². The van der Waals surface area contributed by atoms with Crippen LogP contribution < -0.4 is 4.90 Å². The van der Waals surface area contributed by atoms with E-state index in [0.717, 1.165) is 18.7 Å². The normalized spacial score (nSPS) is 15.7. The Bertz CT molecular complexity index is 602. The highest BCUT2D eigenvalue weighted by Gasteiger charge is 2.20. The Kier molecular flexibility index (Phi) is 4.21. The smallest absolute Gasteiger partial charge is 0.0669 e. The monoisotopic (exact) mass is 276 g/mol. The van der Waals surface area contributed by atoms with Crippen molar-refractivity contribution in [2.75, 3.05) is 18.0 Å². The zero-order chi connectivity index (χ0) is 14.5. The fourth-order valence-electron chi connectivity index (χ4n) is 3.11. The van der Waals surface area contributed by atoms with Gasteiger partial charge in [0.1, 0.15) is 0 Å². The van der Waals surface area contributed by atoms with Crippen LogP contribution in [0.5, 0.6) is 0 Å². The highest BCUT2D eigenvalue weighted by molar-refractivity contribution is 5.48. The molecule has 0 spiro atoms. The molecular formula is C19H20N2. The van der Waals surface area contributed by atoms with E-state index in [1.807, 2.05) is 0 Å². The lowest BCUT2D eigenvalue weighted by atomic mass is 9.89. The van der Waals surface area contributed by atoms with Gasteiger partial charge < -0.3 is 4.90 Å². The molecule has 0 N–H and O–H groups in total. The first-order valence-corrected chi connectivity index (χ1v) is 7.62. The quantitative estimate of drug-likeness (QED) is 0.842. The molecule has 1 aliphatic rings. The summed E-state index contributed by atoms with van der Waals surface area (Å²) in [5, 5.41) is 8.71. The molecule has 1 aliphatic heterocycles. The zero-order valence-electron chi connectivity index (χ0n) is 12.2. The SMILES string of the molecule is N#CCc1ccc(N2CCC(c3ccccc3)CC2)cc1. The van der Waals surface area contributed by atoms with Crippen molar-refractivity contribution in [2.45, 2.75) is 25.2 Å². The van der Waals surface area contributed by atoms with Crippen LogP contribution in [-0.2, 0) is 6.42 Å². The van der Waals surface area contributed by atoms with Gasteiger partial charge in [0.15, 0.2) is 0 Å². The fourth-order valence-corrected chi connectivity index (χ4v) is 3.11. The van der Waals surface area contributed by atoms with Gasteiger partial charge in [-0.25, -0.2) is 0 Å². The topological polar surface area (TPSA) is 27.0 Å². The molecule has 0 saturated carbocycles. The molecule has 2 heteroatoms. The number of hydrogen-bond donors (Lipinski definition) is 0. The predicted molar refractivity (Wildman–Crippen MR) is 86.4 cm³/mol. The summed E-state index contributed by atoms with van der Waals surface area (Å²) >= 11 is 0. The van der Waals surface area contributed by atoms with Crippen molar-refractivity contribution in [1.82, 2.24) is 0 Å². The third-order valence-electron chi connectivity index (χ3n) is 4.35. The van der Waals surface area contributed by atoms with Gasteiger partial charge in [0, 0.05) is 18.8 Å². The van der Waals surface area contributed by atoms with Gasteiger partial charge in [-0.15, -0.1) is 0 Å². The van der Waals surface area contributed by atoms with Crippen molar-refractivity contribution in [2.24, 2.45) is 0 Å². The summed E-state index contributed by atoms with van der Waals surface area (Å²) in [4.78, 5) is 2.45. The molecule has 0 amide bonds. The Hall–Kier alpha value is -2.27. The van der Waals surface area contributed by atoms with E-state index in [4.69, 9.17) is 5.26 Å². The number of nitriles is 1. The maximum absolute atomic E-state index is 8.71. The molecule has 0 unspecified atom stereocenters. The van der Waals surface area contributed by atoms with Gasteiger partial charge in [0.25, 0.3) is 0 Å². The molecule has 0 atom stereocenters. The van der Waals surface area contributed by atoms with Crippen molar-refractivity contribution in [3.8, 4) is 6.07 Å². The van der Waals surface area contributed by atoms with Crippen LogP contribution in [0.25, 0.3) is 0 Å². The van der Waals surface area contributed by atoms with Crippen molar-refractivity contribution < 1.29 is 0 Å². The molecule has 21 heavy (non-hydrogen) atoms. The molecule has 0 radical (unpaired) electrons. The van der Waals surface area contributed by atoms with Gasteiger partial charge in [-0.2, -0.15) is 5.26 Å². The number of rotatable bonds is 3. The van der Waals surface area contributed by atoms with Gasteiger partial charge in [-0.05, 0) is 42.0 Å². The molecule has 2 aromatic carbocycles. The van der Waals surface area contributed by atoms with Crippen LogP contribution in [0.3, 0.4) is 0 Å². The van der Waals surface area contributed by atoms with Crippen LogP contribution in [0.1, 0.15) is 29.9 Å². The molecule has 1 heterocycles. The second-order valence-electron chi connectivity index (χ2n) is 5.67. The minimum atomic E-state index is 0.496. The average molecular weight is 276 g/mol. The van der Waals surface area contributed by atoms with E-state index in [1.165, 1.54) is 24.1 Å². The Labute approximate surface area is 126 Å². The summed E-state index contributed by atoms with van der Waals surface area (Å²) in [5.74, 6) is 0.695. The van der Waals surface area contributed by atoms with Crippen molar-refractivity contribution in [3.63, 3.8) is 0 Å². The maximum atomic E-state index is 8.71. The fraction of sp³-hybridized carbons (Fsp3) is 0.316. The van der Waals surface area contributed by atoms with E-state index in [2.05, 4.69) is 65.6 Å². The third kappa shape index (κ3) is 3.25. The van der Waals surface area contributed by atoms with Gasteiger partial charge >= 0.3 is 0 Å². The molecule has 3 rings (SSSR count). The minimum Gasteiger partial charge on any atom is -0.371 e. The number of nitrogens with zero attached hydrogens (tertiary/aromatic N) is 2. The first kappa shape index (κ1) is 13.7. The molecule has 0 aliphatic carbocycles. The van der Waals surface area contributed by atoms with Gasteiger partial charge in [-0.3, -0.25) is 0 Å². The lowest BCUT2D eigenvalue weighted by Crippen LogP contribution is -2.32. The lowest BCUT2D eigenvalue weighted by Gasteiger charge is -2.34. The van der Waals surface area contributed by atoms with Gasteiger partial charge in [-0.1, -0.05) is 42.5 Å².